The predicted octanol–water partition coefficient (Wildman–Crippen LogP) is 1.16. The van der Waals surface area contributed by atoms with Crippen LogP contribution in [0.5, 0.6) is 0 Å². The number of hydrogen-bond acceptors (Lipinski definition) is 3. The molecule has 0 atom stereocenters. The average Bonchev–Trinajstić information content (AvgIpc) is 2.34. The molecule has 1 N–H and O–H groups in total. The molecular formula is C12H20N2O. The molecule has 84 valence electrons. The first-order valence-electron chi connectivity index (χ1n) is 5.40. The fourth-order valence-electron chi connectivity index (χ4n) is 1.32. The van der Waals surface area contributed by atoms with Gasteiger partial charge in [-0.15, -0.1) is 6.58 Å². The number of hydrogen-bond donors (Lipinski definition) is 1. The molecule has 2 aliphatic rings. The van der Waals surface area contributed by atoms with Gasteiger partial charge in [0.15, 0.2) is 0 Å². The molecule has 1 fully saturated rings. The quantitative estimate of drug-likeness (QED) is 0.689. The molecule has 3 heteroatoms. The Hall–Kier alpha value is -1.06. The van der Waals surface area contributed by atoms with Crippen LogP contribution in [0.15, 0.2) is 37.1 Å². The lowest BCUT2D eigenvalue weighted by Gasteiger charge is -2.17. The van der Waals surface area contributed by atoms with Gasteiger partial charge >= 0.3 is 0 Å². The molecule has 0 aromatic rings. The Morgan fingerprint density at radius 1 is 1.33 bits per heavy atom. The lowest BCUT2D eigenvalue weighted by atomic mass is 10.3. The van der Waals surface area contributed by atoms with Crippen LogP contribution in [0.1, 0.15) is 0 Å². The van der Waals surface area contributed by atoms with Crippen LogP contribution in [0, 0.1) is 0 Å². The summed E-state index contributed by atoms with van der Waals surface area (Å²) >= 11 is 0. The highest BCUT2D eigenvalue weighted by molar-refractivity contribution is 5.09. The van der Waals surface area contributed by atoms with Crippen molar-refractivity contribution in [2.45, 2.75) is 0 Å². The van der Waals surface area contributed by atoms with Gasteiger partial charge in [-0.05, 0) is 12.3 Å². The molecule has 2 rings (SSSR count). The van der Waals surface area contributed by atoms with E-state index in [4.69, 9.17) is 4.74 Å². The largest absolute Gasteiger partial charge is 0.379 e. The second-order valence-electron chi connectivity index (χ2n) is 3.37. The molecule has 1 saturated heterocycles. The summed E-state index contributed by atoms with van der Waals surface area (Å²) in [6.45, 7) is 9.45. The standard InChI is InChI=1S/C8H11N.C4H9NO/c1-2-6-9-7-4-3-5-8-9;1-3-6-4-2-5-1/h2-5,7H,1,6,8H2;5H,1-4H2. The van der Waals surface area contributed by atoms with E-state index < -0.39 is 0 Å². The third kappa shape index (κ3) is 6.10. The number of nitrogens with zero attached hydrogens (tertiary/aromatic N) is 1. The van der Waals surface area contributed by atoms with Gasteiger partial charge in [-0.2, -0.15) is 0 Å². The molecule has 2 aliphatic heterocycles. The predicted molar refractivity (Wildman–Crippen MR) is 63.7 cm³/mol. The van der Waals surface area contributed by atoms with Gasteiger partial charge in [0.05, 0.1) is 13.2 Å². The highest BCUT2D eigenvalue weighted by Crippen LogP contribution is 1.96. The van der Waals surface area contributed by atoms with E-state index in [9.17, 15) is 0 Å². The molecule has 0 unspecified atom stereocenters. The van der Waals surface area contributed by atoms with E-state index in [1.54, 1.807) is 0 Å². The zero-order valence-electron chi connectivity index (χ0n) is 9.19. The molecule has 0 radical (unpaired) electrons. The molecular weight excluding hydrogens is 188 g/mol. The Kier molecular flexibility index (Phi) is 6.62. The fraction of sp³-hybridized carbons (Fsp3) is 0.500. The SMILES string of the molecule is C1COCCN1.C=CCN1C=CC=CC1. The Bertz CT molecular complexity index is 206. The van der Waals surface area contributed by atoms with Gasteiger partial charge in [-0.1, -0.05) is 18.2 Å². The molecule has 0 bridgehead atoms. The molecule has 0 spiro atoms. The van der Waals surface area contributed by atoms with E-state index in [1.165, 1.54) is 0 Å². The van der Waals surface area contributed by atoms with Crippen molar-refractivity contribution in [1.82, 2.24) is 10.2 Å². The van der Waals surface area contributed by atoms with E-state index in [-0.39, 0.29) is 0 Å². The molecule has 2 heterocycles. The summed E-state index contributed by atoms with van der Waals surface area (Å²) < 4.78 is 5.01. The van der Waals surface area contributed by atoms with Gasteiger partial charge in [0, 0.05) is 26.2 Å². The topological polar surface area (TPSA) is 24.5 Å². The normalized spacial score (nSPS) is 19.3. The minimum absolute atomic E-state index is 0.889. The number of rotatable bonds is 2. The van der Waals surface area contributed by atoms with Gasteiger partial charge in [-0.25, -0.2) is 0 Å². The van der Waals surface area contributed by atoms with E-state index in [0.717, 1.165) is 39.4 Å². The lowest BCUT2D eigenvalue weighted by molar-refractivity contribution is 0.109. The van der Waals surface area contributed by atoms with Crippen LogP contribution in [0.4, 0.5) is 0 Å². The zero-order valence-corrected chi connectivity index (χ0v) is 9.19. The maximum atomic E-state index is 5.01. The summed E-state index contributed by atoms with van der Waals surface area (Å²) in [5.41, 5.74) is 0. The summed E-state index contributed by atoms with van der Waals surface area (Å²) in [5, 5.41) is 3.16. The first-order valence-corrected chi connectivity index (χ1v) is 5.40. The molecule has 3 nitrogen and oxygen atoms in total. The van der Waals surface area contributed by atoms with E-state index in [0.29, 0.717) is 0 Å². The maximum Gasteiger partial charge on any atom is 0.0591 e. The summed E-state index contributed by atoms with van der Waals surface area (Å²) in [6.07, 6.45) is 10.2. The average molecular weight is 208 g/mol. The Morgan fingerprint density at radius 2 is 2.13 bits per heavy atom. The van der Waals surface area contributed by atoms with E-state index in [2.05, 4.69) is 35.1 Å². The molecule has 0 aromatic carbocycles. The summed E-state index contributed by atoms with van der Waals surface area (Å²) in [4.78, 5) is 2.19. The fourth-order valence-corrected chi connectivity index (χ4v) is 1.32. The van der Waals surface area contributed by atoms with E-state index in [1.807, 2.05) is 12.2 Å². The van der Waals surface area contributed by atoms with Crippen LogP contribution in [0.2, 0.25) is 0 Å². The smallest absolute Gasteiger partial charge is 0.0591 e. The van der Waals surface area contributed by atoms with Crippen LogP contribution >= 0.6 is 0 Å². The van der Waals surface area contributed by atoms with Crippen molar-refractivity contribution in [1.29, 1.82) is 0 Å². The van der Waals surface area contributed by atoms with Gasteiger partial charge in [0.1, 0.15) is 0 Å². The van der Waals surface area contributed by atoms with Crippen LogP contribution in [-0.4, -0.2) is 44.3 Å². The lowest BCUT2D eigenvalue weighted by Crippen LogP contribution is -2.30. The Labute approximate surface area is 92.1 Å². The zero-order chi connectivity index (χ0) is 10.8. The van der Waals surface area contributed by atoms with Crippen molar-refractivity contribution in [2.24, 2.45) is 0 Å². The number of ether oxygens (including phenoxy) is 1. The molecule has 0 amide bonds. The first-order chi connectivity index (χ1) is 7.43. The second-order valence-corrected chi connectivity index (χ2v) is 3.37. The minimum Gasteiger partial charge on any atom is -0.379 e. The Balaban J connectivity index is 0.000000162. The van der Waals surface area contributed by atoms with Gasteiger partial charge in [0.25, 0.3) is 0 Å². The number of nitrogens with one attached hydrogen (secondary N) is 1. The van der Waals surface area contributed by atoms with Crippen LogP contribution in [-0.2, 0) is 4.74 Å². The van der Waals surface area contributed by atoms with Crippen molar-refractivity contribution in [3.05, 3.63) is 37.1 Å². The van der Waals surface area contributed by atoms with Crippen molar-refractivity contribution in [3.8, 4) is 0 Å². The van der Waals surface area contributed by atoms with Gasteiger partial charge in [-0.3, -0.25) is 0 Å². The van der Waals surface area contributed by atoms with Crippen LogP contribution in [0.25, 0.3) is 0 Å². The first kappa shape index (κ1) is 12.0. The maximum absolute atomic E-state index is 5.01. The second kappa shape index (κ2) is 8.26. The number of allylic oxidation sites excluding steroid dienone is 2. The third-order valence-electron chi connectivity index (χ3n) is 2.09. The summed E-state index contributed by atoms with van der Waals surface area (Å²) in [5.74, 6) is 0. The summed E-state index contributed by atoms with van der Waals surface area (Å²) in [7, 11) is 0. The molecule has 0 saturated carbocycles. The van der Waals surface area contributed by atoms with Crippen molar-refractivity contribution < 1.29 is 4.74 Å². The third-order valence-corrected chi connectivity index (χ3v) is 2.09. The Morgan fingerprint density at radius 3 is 2.53 bits per heavy atom. The van der Waals surface area contributed by atoms with Crippen molar-refractivity contribution in [3.63, 3.8) is 0 Å². The molecule has 0 aromatic heterocycles. The molecule has 15 heavy (non-hydrogen) atoms. The van der Waals surface area contributed by atoms with Gasteiger partial charge < -0.3 is 15.0 Å². The van der Waals surface area contributed by atoms with Gasteiger partial charge in [0.2, 0.25) is 0 Å². The van der Waals surface area contributed by atoms with Crippen LogP contribution < -0.4 is 5.32 Å². The number of morpholine rings is 1. The van der Waals surface area contributed by atoms with E-state index >= 15 is 0 Å². The van der Waals surface area contributed by atoms with Crippen molar-refractivity contribution >= 4 is 0 Å². The monoisotopic (exact) mass is 208 g/mol. The highest BCUT2D eigenvalue weighted by atomic mass is 16.5. The van der Waals surface area contributed by atoms with Crippen molar-refractivity contribution in [2.75, 3.05) is 39.4 Å². The summed E-state index contributed by atoms with van der Waals surface area (Å²) in [6, 6.07) is 0. The molecule has 0 aliphatic carbocycles. The minimum atomic E-state index is 0.889. The van der Waals surface area contributed by atoms with Crippen LogP contribution in [0.3, 0.4) is 0 Å². The highest BCUT2D eigenvalue weighted by Gasteiger charge is 1.93.